The second-order valence-corrected chi connectivity index (χ2v) is 10.5. The van der Waals surface area contributed by atoms with Gasteiger partial charge in [-0.25, -0.2) is 9.37 Å². The van der Waals surface area contributed by atoms with Gasteiger partial charge in [-0.05, 0) is 88.6 Å². The summed E-state index contributed by atoms with van der Waals surface area (Å²) in [4.78, 5) is 17.8. The van der Waals surface area contributed by atoms with Crippen LogP contribution >= 0.6 is 0 Å². The zero-order valence-corrected chi connectivity index (χ0v) is 22.5. The Hall–Kier alpha value is -3.49. The fourth-order valence-electron chi connectivity index (χ4n) is 4.23. The molecule has 3 aromatic rings. The van der Waals surface area contributed by atoms with E-state index in [1.54, 1.807) is 50.4 Å². The number of carbonyl (C=O) groups is 1. The topological polar surface area (TPSA) is 104 Å². The van der Waals surface area contributed by atoms with Crippen LogP contribution in [0.5, 0.6) is 17.2 Å². The lowest BCUT2D eigenvalue weighted by atomic mass is 9.87. The molecule has 7 nitrogen and oxygen atoms in total. The Morgan fingerprint density at radius 1 is 1.05 bits per heavy atom. The van der Waals surface area contributed by atoms with Gasteiger partial charge in [0.25, 0.3) is 0 Å². The number of aliphatic hydroxyl groups is 1. The van der Waals surface area contributed by atoms with Crippen molar-refractivity contribution in [1.29, 1.82) is 0 Å². The van der Waals surface area contributed by atoms with Gasteiger partial charge in [0.15, 0.2) is 17.3 Å². The molecule has 1 unspecified atom stereocenters. The molecule has 0 aliphatic heterocycles. The summed E-state index contributed by atoms with van der Waals surface area (Å²) in [5, 5.41) is 11.5. The van der Waals surface area contributed by atoms with Gasteiger partial charge >= 0.3 is 0 Å². The van der Waals surface area contributed by atoms with Crippen molar-refractivity contribution in [3.63, 3.8) is 0 Å². The Morgan fingerprint density at radius 3 is 2.32 bits per heavy atom. The number of carbonyl (C=O) groups excluding carboxylic acids is 1. The first-order valence-electron chi connectivity index (χ1n) is 12.7. The Bertz CT molecular complexity index is 1310. The average Bonchev–Trinajstić information content (AvgIpc) is 3.70. The van der Waals surface area contributed by atoms with Crippen molar-refractivity contribution >= 4 is 5.78 Å². The molecule has 0 saturated heterocycles. The number of aromatic nitrogens is 1. The largest absolute Gasteiger partial charge is 0.494 e. The van der Waals surface area contributed by atoms with Gasteiger partial charge in [0, 0.05) is 28.7 Å². The molecule has 1 aliphatic rings. The number of rotatable bonds is 11. The summed E-state index contributed by atoms with van der Waals surface area (Å²) in [7, 11) is 3.06. The minimum atomic E-state index is -1.46. The molecule has 0 bridgehead atoms. The van der Waals surface area contributed by atoms with E-state index < -0.39 is 11.1 Å². The number of pyridine rings is 1. The summed E-state index contributed by atoms with van der Waals surface area (Å²) in [6, 6.07) is 12.7. The SMILES string of the molecule is COc1cc(C(=O)CCC(C)(O)c2cc(C(C)(C)N)c(OC)c(-c3ccc(F)cc3)n2)ccc1OC1CC1. The van der Waals surface area contributed by atoms with Gasteiger partial charge in [0.05, 0.1) is 26.0 Å². The van der Waals surface area contributed by atoms with Crippen LogP contribution in [0.4, 0.5) is 4.39 Å². The summed E-state index contributed by atoms with van der Waals surface area (Å²) in [6.07, 6.45) is 2.43. The number of hydrogen-bond acceptors (Lipinski definition) is 7. The second kappa shape index (κ2) is 10.7. The van der Waals surface area contributed by atoms with E-state index in [0.717, 1.165) is 12.8 Å². The van der Waals surface area contributed by atoms with E-state index in [0.29, 0.717) is 45.3 Å². The van der Waals surface area contributed by atoms with Crippen LogP contribution in [0, 0.1) is 5.82 Å². The molecule has 3 N–H and O–H groups in total. The Balaban J connectivity index is 1.62. The maximum Gasteiger partial charge on any atom is 0.163 e. The molecule has 1 aliphatic carbocycles. The zero-order chi connectivity index (χ0) is 27.7. The number of nitrogens with two attached hydrogens (primary N) is 1. The number of ether oxygens (including phenoxy) is 3. The van der Waals surface area contributed by atoms with Crippen molar-refractivity contribution in [2.45, 2.75) is 63.7 Å². The summed E-state index contributed by atoms with van der Waals surface area (Å²) in [6.45, 7) is 5.26. The highest BCUT2D eigenvalue weighted by Crippen LogP contribution is 2.40. The predicted molar refractivity (Wildman–Crippen MR) is 143 cm³/mol. The smallest absolute Gasteiger partial charge is 0.163 e. The third-order valence-corrected chi connectivity index (χ3v) is 6.68. The molecular formula is C30H35FN2O5. The first-order valence-corrected chi connectivity index (χ1v) is 12.7. The molecule has 38 heavy (non-hydrogen) atoms. The van der Waals surface area contributed by atoms with Crippen molar-refractivity contribution < 1.29 is 28.5 Å². The molecule has 1 fully saturated rings. The lowest BCUT2D eigenvalue weighted by Gasteiger charge is -2.29. The van der Waals surface area contributed by atoms with Crippen molar-refractivity contribution in [2.24, 2.45) is 5.73 Å². The van der Waals surface area contributed by atoms with Crippen LogP contribution in [0.25, 0.3) is 11.3 Å². The fourth-order valence-corrected chi connectivity index (χ4v) is 4.23. The van der Waals surface area contributed by atoms with Gasteiger partial charge in [-0.1, -0.05) is 0 Å². The lowest BCUT2D eigenvalue weighted by Crippen LogP contribution is -2.31. The van der Waals surface area contributed by atoms with Crippen LogP contribution in [-0.4, -0.2) is 36.2 Å². The Kier molecular flexibility index (Phi) is 7.76. The molecule has 0 spiro atoms. The van der Waals surface area contributed by atoms with Gasteiger partial charge in [-0.2, -0.15) is 0 Å². The second-order valence-electron chi connectivity index (χ2n) is 10.5. The Morgan fingerprint density at radius 2 is 1.74 bits per heavy atom. The number of benzene rings is 2. The molecule has 1 aromatic heterocycles. The van der Waals surface area contributed by atoms with Crippen LogP contribution in [-0.2, 0) is 11.1 Å². The van der Waals surface area contributed by atoms with Gasteiger partial charge in [0.1, 0.15) is 22.9 Å². The van der Waals surface area contributed by atoms with Crippen LogP contribution in [0.1, 0.15) is 68.1 Å². The lowest BCUT2D eigenvalue weighted by molar-refractivity contribution is 0.0395. The van der Waals surface area contributed by atoms with Crippen molar-refractivity contribution in [1.82, 2.24) is 4.98 Å². The van der Waals surface area contributed by atoms with Crippen LogP contribution in [0.2, 0.25) is 0 Å². The average molecular weight is 523 g/mol. The van der Waals surface area contributed by atoms with E-state index in [9.17, 15) is 14.3 Å². The zero-order valence-electron chi connectivity index (χ0n) is 22.5. The van der Waals surface area contributed by atoms with E-state index in [4.69, 9.17) is 24.9 Å². The quantitative estimate of drug-likeness (QED) is 0.320. The van der Waals surface area contributed by atoms with E-state index in [1.165, 1.54) is 19.2 Å². The van der Waals surface area contributed by atoms with Gasteiger partial charge in [0.2, 0.25) is 0 Å². The normalized spacial score (nSPS) is 15.1. The number of Topliss-reactive ketones (excluding diaryl/α,β-unsaturated/α-hetero) is 1. The Labute approximate surface area is 222 Å². The maximum absolute atomic E-state index is 13.6. The predicted octanol–water partition coefficient (Wildman–Crippen LogP) is 5.51. The fraction of sp³-hybridized carbons (Fsp3) is 0.400. The minimum Gasteiger partial charge on any atom is -0.494 e. The number of hydrogen-bond donors (Lipinski definition) is 2. The van der Waals surface area contributed by atoms with Crippen molar-refractivity contribution in [3.05, 3.63) is 71.2 Å². The van der Waals surface area contributed by atoms with E-state index >= 15 is 0 Å². The third-order valence-electron chi connectivity index (χ3n) is 6.68. The molecular weight excluding hydrogens is 487 g/mol. The standard InChI is InChI=1S/C30H35FN2O5/c1-29(2,32)22-17-26(33-27(28(22)37-5)18-6-9-20(31)10-7-18)30(3,35)15-14-23(34)19-8-13-24(25(16-19)36-4)38-21-11-12-21/h6-10,13,16-17,21,35H,11-12,14-15,32H2,1-5H3. The molecule has 0 amide bonds. The van der Waals surface area contributed by atoms with Gasteiger partial charge < -0.3 is 25.1 Å². The highest BCUT2D eigenvalue weighted by atomic mass is 19.1. The summed E-state index contributed by atoms with van der Waals surface area (Å²) < 4.78 is 30.5. The molecule has 1 heterocycles. The molecule has 0 radical (unpaired) electrons. The molecule has 2 aromatic carbocycles. The molecule has 202 valence electrons. The number of methoxy groups -OCH3 is 2. The van der Waals surface area contributed by atoms with Crippen LogP contribution in [0.15, 0.2) is 48.5 Å². The number of nitrogens with zero attached hydrogens (tertiary/aromatic N) is 1. The van der Waals surface area contributed by atoms with Crippen LogP contribution < -0.4 is 19.9 Å². The summed E-state index contributed by atoms with van der Waals surface area (Å²) in [5.74, 6) is 1.04. The highest BCUT2D eigenvalue weighted by Gasteiger charge is 2.32. The number of halogens is 1. The summed E-state index contributed by atoms with van der Waals surface area (Å²) in [5.41, 5.74) is 6.66. The summed E-state index contributed by atoms with van der Waals surface area (Å²) >= 11 is 0. The van der Waals surface area contributed by atoms with Gasteiger partial charge in [-0.3, -0.25) is 4.79 Å². The highest BCUT2D eigenvalue weighted by molar-refractivity contribution is 5.96. The first kappa shape index (κ1) is 27.5. The first-order chi connectivity index (χ1) is 17.9. The maximum atomic E-state index is 13.6. The number of ketones is 1. The monoisotopic (exact) mass is 522 g/mol. The van der Waals surface area contributed by atoms with E-state index in [-0.39, 0.29) is 30.5 Å². The molecule has 1 atom stereocenters. The van der Waals surface area contributed by atoms with E-state index in [2.05, 4.69) is 0 Å². The van der Waals surface area contributed by atoms with Crippen molar-refractivity contribution in [3.8, 4) is 28.5 Å². The van der Waals surface area contributed by atoms with E-state index in [1.807, 2.05) is 13.8 Å². The molecule has 8 heteroatoms. The minimum absolute atomic E-state index is 0.0694. The molecule has 1 saturated carbocycles. The van der Waals surface area contributed by atoms with Crippen molar-refractivity contribution in [2.75, 3.05) is 14.2 Å². The molecule has 4 rings (SSSR count). The van der Waals surface area contributed by atoms with Crippen LogP contribution in [0.3, 0.4) is 0 Å². The third kappa shape index (κ3) is 6.14. The van der Waals surface area contributed by atoms with Gasteiger partial charge in [-0.15, -0.1) is 0 Å².